The molecule has 174 valence electrons. The molecule has 0 fully saturated rings. The van der Waals surface area contributed by atoms with Crippen molar-refractivity contribution in [1.82, 2.24) is 19.5 Å². The van der Waals surface area contributed by atoms with Crippen LogP contribution >= 0.6 is 0 Å². The predicted octanol–water partition coefficient (Wildman–Crippen LogP) is 3.50. The van der Waals surface area contributed by atoms with Gasteiger partial charge in [-0.05, 0) is 48.2 Å². The summed E-state index contributed by atoms with van der Waals surface area (Å²) in [7, 11) is 0. The highest BCUT2D eigenvalue weighted by atomic mass is 16.2. The average molecular weight is 458 g/mol. The number of aromatic nitrogens is 3. The van der Waals surface area contributed by atoms with Crippen molar-refractivity contribution in [3.63, 3.8) is 0 Å². The highest BCUT2D eigenvalue weighted by Crippen LogP contribution is 2.18. The number of anilines is 1. The van der Waals surface area contributed by atoms with Crippen LogP contribution in [0.15, 0.2) is 71.7 Å². The van der Waals surface area contributed by atoms with Crippen LogP contribution in [0.25, 0.3) is 5.65 Å². The monoisotopic (exact) mass is 457 g/mol. The van der Waals surface area contributed by atoms with Gasteiger partial charge < -0.3 is 10.6 Å². The minimum atomic E-state index is -0.491. The van der Waals surface area contributed by atoms with Crippen molar-refractivity contribution in [1.29, 1.82) is 0 Å². The minimum Gasteiger partial charge on any atom is -0.348 e. The van der Waals surface area contributed by atoms with Gasteiger partial charge >= 0.3 is 5.69 Å². The summed E-state index contributed by atoms with van der Waals surface area (Å²) in [4.78, 5) is 37.9. The van der Waals surface area contributed by atoms with Crippen molar-refractivity contribution in [3.05, 3.63) is 99.6 Å². The van der Waals surface area contributed by atoms with E-state index in [1.54, 1.807) is 18.2 Å². The lowest BCUT2D eigenvalue weighted by molar-refractivity contribution is -0.117. The first-order chi connectivity index (χ1) is 16.3. The Morgan fingerprint density at radius 1 is 1.03 bits per heavy atom. The highest BCUT2D eigenvalue weighted by Gasteiger charge is 2.14. The van der Waals surface area contributed by atoms with Crippen LogP contribution < -0.4 is 16.3 Å². The van der Waals surface area contributed by atoms with E-state index in [0.717, 1.165) is 21.4 Å². The molecule has 0 atom stereocenters. The van der Waals surface area contributed by atoms with E-state index in [2.05, 4.69) is 29.6 Å². The number of carbonyl (C=O) groups is 2. The number of hydrogen-bond donors (Lipinski definition) is 2. The molecule has 2 N–H and O–H groups in total. The van der Waals surface area contributed by atoms with Crippen molar-refractivity contribution < 1.29 is 9.59 Å². The largest absolute Gasteiger partial charge is 0.350 e. The van der Waals surface area contributed by atoms with Gasteiger partial charge in [0.15, 0.2) is 5.65 Å². The van der Waals surface area contributed by atoms with Crippen LogP contribution in [-0.2, 0) is 17.9 Å². The predicted molar refractivity (Wildman–Crippen MR) is 131 cm³/mol. The maximum atomic E-state index is 12.8. The molecule has 4 rings (SSSR count). The maximum absolute atomic E-state index is 12.8. The minimum absolute atomic E-state index is 0.235. The number of hydrogen-bond acceptors (Lipinski definition) is 4. The molecule has 0 saturated heterocycles. The standard InChI is InChI=1S/C26H27N5O3/c1-17(2)20-5-4-6-22(13-20)28-24(32)16-31-26(34)30-15-21(11-12-23(30)29-31)25(33)27-14-19-9-7-18(3)8-10-19/h4-13,15,17H,14,16H2,1-3H3,(H,27,33)(H,28,32). The third kappa shape index (κ3) is 5.23. The number of carbonyl (C=O) groups excluding carboxylic acids is 2. The van der Waals surface area contributed by atoms with Gasteiger partial charge in [0.1, 0.15) is 6.54 Å². The Bertz CT molecular complexity index is 1400. The van der Waals surface area contributed by atoms with Crippen LogP contribution in [-0.4, -0.2) is 26.0 Å². The van der Waals surface area contributed by atoms with Gasteiger partial charge in [-0.25, -0.2) is 13.9 Å². The van der Waals surface area contributed by atoms with E-state index in [-0.39, 0.29) is 18.4 Å². The molecule has 2 heterocycles. The lowest BCUT2D eigenvalue weighted by Crippen LogP contribution is -2.28. The zero-order valence-corrected chi connectivity index (χ0v) is 19.4. The Labute approximate surface area is 197 Å². The van der Waals surface area contributed by atoms with Gasteiger partial charge in [-0.3, -0.25) is 9.59 Å². The van der Waals surface area contributed by atoms with E-state index < -0.39 is 5.69 Å². The molecule has 0 bridgehead atoms. The summed E-state index contributed by atoms with van der Waals surface area (Å²) in [6.07, 6.45) is 1.44. The topological polar surface area (TPSA) is 97.5 Å². The molecule has 34 heavy (non-hydrogen) atoms. The summed E-state index contributed by atoms with van der Waals surface area (Å²) in [5, 5.41) is 9.88. The molecule has 0 aliphatic rings. The highest BCUT2D eigenvalue weighted by molar-refractivity contribution is 5.94. The zero-order valence-electron chi connectivity index (χ0n) is 19.4. The molecule has 8 nitrogen and oxygen atoms in total. The van der Waals surface area contributed by atoms with Crippen LogP contribution in [0.1, 0.15) is 46.8 Å². The van der Waals surface area contributed by atoms with Crippen molar-refractivity contribution in [2.75, 3.05) is 5.32 Å². The van der Waals surface area contributed by atoms with Crippen LogP contribution in [0.2, 0.25) is 0 Å². The molecule has 2 aromatic carbocycles. The van der Waals surface area contributed by atoms with Crippen LogP contribution in [0.4, 0.5) is 5.69 Å². The van der Waals surface area contributed by atoms with Crippen molar-refractivity contribution in [3.8, 4) is 0 Å². The maximum Gasteiger partial charge on any atom is 0.350 e. The summed E-state index contributed by atoms with van der Waals surface area (Å²) in [5.41, 5.74) is 4.10. The molecule has 0 aliphatic heterocycles. The summed E-state index contributed by atoms with van der Waals surface area (Å²) in [5.74, 6) is -0.325. The number of benzene rings is 2. The van der Waals surface area contributed by atoms with Gasteiger partial charge in [0.25, 0.3) is 5.91 Å². The van der Waals surface area contributed by atoms with E-state index in [4.69, 9.17) is 0 Å². The van der Waals surface area contributed by atoms with Gasteiger partial charge in [0.2, 0.25) is 5.91 Å². The molecule has 0 radical (unpaired) electrons. The molecule has 4 aromatic rings. The second-order valence-electron chi connectivity index (χ2n) is 8.58. The second-order valence-corrected chi connectivity index (χ2v) is 8.58. The van der Waals surface area contributed by atoms with Crippen LogP contribution in [0.5, 0.6) is 0 Å². The van der Waals surface area contributed by atoms with Gasteiger partial charge in [0.05, 0.1) is 5.56 Å². The van der Waals surface area contributed by atoms with E-state index >= 15 is 0 Å². The number of nitrogens with one attached hydrogen (secondary N) is 2. The molecular weight excluding hydrogens is 430 g/mol. The van der Waals surface area contributed by atoms with E-state index in [1.807, 2.05) is 49.4 Å². The first-order valence-electron chi connectivity index (χ1n) is 11.1. The molecule has 2 aromatic heterocycles. The van der Waals surface area contributed by atoms with Gasteiger partial charge in [0, 0.05) is 18.4 Å². The summed E-state index contributed by atoms with van der Waals surface area (Å²) in [6, 6.07) is 18.7. The molecule has 0 spiro atoms. The first-order valence-corrected chi connectivity index (χ1v) is 11.1. The number of fused-ring (bicyclic) bond motifs is 1. The fourth-order valence-electron chi connectivity index (χ4n) is 3.56. The van der Waals surface area contributed by atoms with Gasteiger partial charge in [-0.1, -0.05) is 55.8 Å². The Morgan fingerprint density at radius 2 is 1.79 bits per heavy atom. The van der Waals surface area contributed by atoms with Crippen molar-refractivity contribution in [2.24, 2.45) is 0 Å². The number of amides is 2. The van der Waals surface area contributed by atoms with Gasteiger partial charge in [-0.2, -0.15) is 0 Å². The number of nitrogens with zero attached hydrogens (tertiary/aromatic N) is 3. The first kappa shape index (κ1) is 23.0. The van der Waals surface area contributed by atoms with Crippen LogP contribution in [0.3, 0.4) is 0 Å². The Hall–Kier alpha value is -4.20. The lowest BCUT2D eigenvalue weighted by Gasteiger charge is -2.09. The fraction of sp³-hybridized carbons (Fsp3) is 0.231. The summed E-state index contributed by atoms with van der Waals surface area (Å²) in [6.45, 7) is 6.30. The van der Waals surface area contributed by atoms with Gasteiger partial charge in [-0.15, -0.1) is 5.10 Å². The fourth-order valence-corrected chi connectivity index (χ4v) is 3.56. The van der Waals surface area contributed by atoms with E-state index in [9.17, 15) is 14.4 Å². The number of pyridine rings is 1. The normalized spacial score (nSPS) is 11.1. The second kappa shape index (κ2) is 9.74. The average Bonchev–Trinajstić information content (AvgIpc) is 3.13. The summed E-state index contributed by atoms with van der Waals surface area (Å²) >= 11 is 0. The lowest BCUT2D eigenvalue weighted by atomic mass is 10.0. The van der Waals surface area contributed by atoms with E-state index in [0.29, 0.717) is 29.4 Å². The molecule has 8 heteroatoms. The Morgan fingerprint density at radius 3 is 2.53 bits per heavy atom. The Balaban J connectivity index is 1.45. The molecule has 0 aliphatic carbocycles. The molecule has 0 saturated carbocycles. The third-order valence-corrected chi connectivity index (χ3v) is 5.54. The molecule has 2 amide bonds. The number of aryl methyl sites for hydroxylation is 1. The van der Waals surface area contributed by atoms with E-state index in [1.165, 1.54) is 10.6 Å². The Kier molecular flexibility index (Phi) is 6.58. The number of rotatable bonds is 7. The summed E-state index contributed by atoms with van der Waals surface area (Å²) < 4.78 is 2.36. The third-order valence-electron chi connectivity index (χ3n) is 5.54. The zero-order chi connectivity index (χ0) is 24.2. The van der Waals surface area contributed by atoms with Crippen molar-refractivity contribution >= 4 is 23.1 Å². The quantitative estimate of drug-likeness (QED) is 0.444. The SMILES string of the molecule is Cc1ccc(CNC(=O)c2ccc3nn(CC(=O)Nc4cccc(C(C)C)c4)c(=O)n3c2)cc1. The van der Waals surface area contributed by atoms with Crippen molar-refractivity contribution in [2.45, 2.75) is 39.8 Å². The molecular formula is C26H27N5O3. The molecule has 0 unspecified atom stereocenters. The van der Waals surface area contributed by atoms with Crippen LogP contribution in [0, 0.1) is 6.92 Å². The smallest absolute Gasteiger partial charge is 0.348 e.